The SMILES string of the molecule is COC1C([NH2+]c2ccc3onc(N)c3c2)=C(C(=N)C(F)(F)F)CCCN1c1ccc(-c2ccccc2CNC(C)C)cc1. The normalized spacial score (nSPS) is 16.3. The number of nitrogen functional groups attached to an aromatic ring is 1. The van der Waals surface area contributed by atoms with Crippen LogP contribution in [0.1, 0.15) is 32.3 Å². The molecule has 1 aromatic heterocycles. The summed E-state index contributed by atoms with van der Waals surface area (Å²) in [6.07, 6.45) is -5.19. The molecule has 226 valence electrons. The van der Waals surface area contributed by atoms with Crippen LogP contribution < -0.4 is 21.3 Å². The number of halogens is 3. The number of nitrogens with zero attached hydrogens (tertiary/aromatic N) is 2. The molecule has 0 spiro atoms. The molecule has 3 aromatic carbocycles. The van der Waals surface area contributed by atoms with E-state index in [0.717, 1.165) is 23.4 Å². The van der Waals surface area contributed by atoms with E-state index in [4.69, 9.17) is 20.4 Å². The molecule has 8 nitrogen and oxygen atoms in total. The lowest BCUT2D eigenvalue weighted by molar-refractivity contribution is -0.527. The molecule has 5 rings (SSSR count). The highest BCUT2D eigenvalue weighted by Crippen LogP contribution is 2.33. The van der Waals surface area contributed by atoms with Gasteiger partial charge in [0.25, 0.3) is 0 Å². The largest absolute Gasteiger partial charge is 0.433 e. The molecule has 0 amide bonds. The van der Waals surface area contributed by atoms with E-state index < -0.39 is 18.1 Å². The van der Waals surface area contributed by atoms with Crippen LogP contribution in [0.4, 0.5) is 30.4 Å². The molecule has 6 N–H and O–H groups in total. The van der Waals surface area contributed by atoms with Crippen LogP contribution in [0, 0.1) is 5.41 Å². The Balaban J connectivity index is 1.51. The van der Waals surface area contributed by atoms with Crippen molar-refractivity contribution in [2.45, 2.75) is 51.7 Å². The maximum atomic E-state index is 13.9. The molecule has 0 radical (unpaired) electrons. The highest BCUT2D eigenvalue weighted by Gasteiger charge is 2.42. The predicted octanol–water partition coefficient (Wildman–Crippen LogP) is 5.88. The fraction of sp³-hybridized carbons (Fsp3) is 0.312. The van der Waals surface area contributed by atoms with Crippen LogP contribution in [0.2, 0.25) is 0 Å². The number of rotatable bonds is 9. The van der Waals surface area contributed by atoms with Crippen LogP contribution in [0.25, 0.3) is 22.1 Å². The Morgan fingerprint density at radius 2 is 1.91 bits per heavy atom. The first kappa shape index (κ1) is 30.3. The molecular weight excluding hydrogens is 557 g/mol. The van der Waals surface area contributed by atoms with Crippen LogP contribution in [0.5, 0.6) is 0 Å². The number of alkyl halides is 3. The molecule has 0 aliphatic carbocycles. The summed E-state index contributed by atoms with van der Waals surface area (Å²) >= 11 is 0. The number of benzene rings is 3. The third-order valence-electron chi connectivity index (χ3n) is 7.60. The zero-order valence-corrected chi connectivity index (χ0v) is 24.3. The zero-order chi connectivity index (χ0) is 30.7. The summed E-state index contributed by atoms with van der Waals surface area (Å²) in [4.78, 5) is 1.95. The number of nitrogens with two attached hydrogens (primary N) is 2. The quantitative estimate of drug-likeness (QED) is 0.142. The van der Waals surface area contributed by atoms with Crippen molar-refractivity contribution in [3.05, 3.63) is 83.6 Å². The van der Waals surface area contributed by atoms with Crippen LogP contribution in [0.15, 0.2) is 82.5 Å². The van der Waals surface area contributed by atoms with E-state index >= 15 is 0 Å². The summed E-state index contributed by atoms with van der Waals surface area (Å²) < 4.78 is 52.9. The molecule has 1 atom stereocenters. The molecule has 0 saturated heterocycles. The number of ether oxygens (including phenoxy) is 1. The van der Waals surface area contributed by atoms with Gasteiger partial charge in [0.2, 0.25) is 6.23 Å². The van der Waals surface area contributed by atoms with Gasteiger partial charge in [-0.05, 0) is 47.7 Å². The number of nitrogens with one attached hydrogen (secondary N) is 2. The molecule has 2 heterocycles. The zero-order valence-electron chi connectivity index (χ0n) is 24.3. The molecule has 1 aliphatic heterocycles. The van der Waals surface area contributed by atoms with Crippen LogP contribution >= 0.6 is 0 Å². The molecule has 11 heteroatoms. The summed E-state index contributed by atoms with van der Waals surface area (Å²) in [5.41, 5.74) is 9.93. The lowest BCUT2D eigenvalue weighted by atomic mass is 9.99. The van der Waals surface area contributed by atoms with Gasteiger partial charge in [0.15, 0.2) is 17.1 Å². The van der Waals surface area contributed by atoms with E-state index in [0.29, 0.717) is 35.7 Å². The van der Waals surface area contributed by atoms with Gasteiger partial charge in [-0.2, -0.15) is 13.2 Å². The summed E-state index contributed by atoms with van der Waals surface area (Å²) in [6.45, 7) is 5.39. The highest BCUT2D eigenvalue weighted by molar-refractivity contribution is 6.02. The van der Waals surface area contributed by atoms with Gasteiger partial charge in [-0.1, -0.05) is 55.4 Å². The second kappa shape index (κ2) is 12.6. The van der Waals surface area contributed by atoms with Gasteiger partial charge >= 0.3 is 6.18 Å². The number of hydrogen-bond acceptors (Lipinski definition) is 7. The minimum atomic E-state index is -4.80. The van der Waals surface area contributed by atoms with Gasteiger partial charge < -0.3 is 25.2 Å². The standard InChI is InChI=1S/C32H35F3N6O2/c1-19(2)38-18-21-7-4-5-8-24(21)20-10-13-23(14-11-20)41-16-6-9-25(29(36)32(33,34)35)28(31(41)42-3)39-22-12-15-27-26(17-22)30(37)40-43-27/h4-5,7-8,10-15,17,19,31,36,38-39H,6,9,16,18H2,1-3H3,(H2,37,40)/p+1. The third kappa shape index (κ3) is 6.58. The number of quaternary nitrogens is 1. The minimum Gasteiger partial charge on any atom is -0.380 e. The van der Waals surface area contributed by atoms with Crippen molar-refractivity contribution < 1.29 is 27.7 Å². The fourth-order valence-corrected chi connectivity index (χ4v) is 5.47. The van der Waals surface area contributed by atoms with Gasteiger partial charge in [-0.25, -0.2) is 0 Å². The van der Waals surface area contributed by atoms with Crippen molar-refractivity contribution in [2.75, 3.05) is 24.3 Å². The van der Waals surface area contributed by atoms with E-state index in [1.54, 1.807) is 23.5 Å². The lowest BCUT2D eigenvalue weighted by Crippen LogP contribution is -2.80. The Kier molecular flexibility index (Phi) is 8.86. The average molecular weight is 594 g/mol. The Morgan fingerprint density at radius 3 is 2.60 bits per heavy atom. The summed E-state index contributed by atoms with van der Waals surface area (Å²) in [5, 5.41) is 17.5. The summed E-state index contributed by atoms with van der Waals surface area (Å²) in [6, 6.07) is 21.6. The van der Waals surface area contributed by atoms with E-state index in [1.807, 2.05) is 41.3 Å². The molecule has 0 saturated carbocycles. The van der Waals surface area contributed by atoms with Gasteiger partial charge in [0.05, 0.1) is 5.39 Å². The molecule has 43 heavy (non-hydrogen) atoms. The first-order chi connectivity index (χ1) is 20.6. The number of aromatic nitrogens is 1. The number of allylic oxidation sites excluding steroid dienone is 1. The number of fused-ring (bicyclic) bond motifs is 1. The average Bonchev–Trinajstić information content (AvgIpc) is 3.26. The van der Waals surface area contributed by atoms with E-state index in [2.05, 4.69) is 36.5 Å². The van der Waals surface area contributed by atoms with Crippen molar-refractivity contribution in [1.82, 2.24) is 10.5 Å². The smallest absolute Gasteiger partial charge is 0.380 e. The number of anilines is 2. The number of hydrogen-bond donors (Lipinski definition) is 4. The molecule has 0 bridgehead atoms. The minimum absolute atomic E-state index is 0.0759. The molecule has 1 aliphatic rings. The first-order valence-corrected chi connectivity index (χ1v) is 14.2. The molecular formula is C32H36F3N6O2+. The van der Waals surface area contributed by atoms with Crippen LogP contribution in [-0.4, -0.2) is 43.0 Å². The monoisotopic (exact) mass is 593 g/mol. The fourth-order valence-electron chi connectivity index (χ4n) is 5.47. The third-order valence-corrected chi connectivity index (χ3v) is 7.60. The maximum Gasteiger partial charge on any atom is 0.433 e. The van der Waals surface area contributed by atoms with E-state index in [-0.39, 0.29) is 23.5 Å². The van der Waals surface area contributed by atoms with Gasteiger partial charge in [0.1, 0.15) is 11.4 Å². The Morgan fingerprint density at radius 1 is 1.16 bits per heavy atom. The van der Waals surface area contributed by atoms with Crippen molar-refractivity contribution >= 4 is 33.9 Å². The van der Waals surface area contributed by atoms with Gasteiger partial charge in [-0.3, -0.25) is 10.7 Å². The summed E-state index contributed by atoms with van der Waals surface area (Å²) in [5.74, 6) is 0.190. The van der Waals surface area contributed by atoms with Crippen molar-refractivity contribution in [3.8, 4) is 11.1 Å². The first-order valence-electron chi connectivity index (χ1n) is 14.2. The predicted molar refractivity (Wildman–Crippen MR) is 162 cm³/mol. The Hall–Kier alpha value is -4.19. The highest BCUT2D eigenvalue weighted by atomic mass is 19.4. The number of methoxy groups -OCH3 is 1. The lowest BCUT2D eigenvalue weighted by Gasteiger charge is -2.31. The molecule has 4 aromatic rings. The Labute approximate surface area is 248 Å². The maximum absolute atomic E-state index is 13.9. The van der Waals surface area contributed by atoms with E-state index in [9.17, 15) is 13.2 Å². The van der Waals surface area contributed by atoms with Crippen LogP contribution in [-0.2, 0) is 11.3 Å². The van der Waals surface area contributed by atoms with Gasteiger partial charge in [0, 0.05) is 49.6 Å². The van der Waals surface area contributed by atoms with Gasteiger partial charge in [-0.15, -0.1) is 0 Å². The van der Waals surface area contributed by atoms with Crippen molar-refractivity contribution in [2.24, 2.45) is 0 Å². The van der Waals surface area contributed by atoms with Crippen molar-refractivity contribution in [1.29, 1.82) is 5.41 Å². The van der Waals surface area contributed by atoms with E-state index in [1.165, 1.54) is 12.7 Å². The Bertz CT molecular complexity index is 1630. The topological polar surface area (TPSA) is 117 Å². The molecule has 0 fully saturated rings. The second-order valence-corrected chi connectivity index (χ2v) is 10.9. The van der Waals surface area contributed by atoms with Crippen LogP contribution in [0.3, 0.4) is 0 Å². The summed E-state index contributed by atoms with van der Waals surface area (Å²) in [7, 11) is 1.47. The molecule has 1 unspecified atom stereocenters. The van der Waals surface area contributed by atoms with Crippen molar-refractivity contribution in [3.63, 3.8) is 0 Å². The second-order valence-electron chi connectivity index (χ2n) is 10.9.